The van der Waals surface area contributed by atoms with E-state index in [4.69, 9.17) is 5.26 Å². The van der Waals surface area contributed by atoms with Crippen LogP contribution in [-0.2, 0) is 11.3 Å². The van der Waals surface area contributed by atoms with Crippen molar-refractivity contribution < 1.29 is 4.79 Å². The summed E-state index contributed by atoms with van der Waals surface area (Å²) in [6.07, 6.45) is 0.954. The van der Waals surface area contributed by atoms with Crippen LogP contribution in [0.2, 0.25) is 0 Å². The minimum atomic E-state index is 0.0891. The van der Waals surface area contributed by atoms with Gasteiger partial charge in [0.05, 0.1) is 11.6 Å². The Hall–Kier alpha value is -1.82. The fourth-order valence-corrected chi connectivity index (χ4v) is 1.52. The number of hydrogen-bond donors (Lipinski definition) is 0. The number of benzene rings is 1. The molecular formula is C13H16N2O. The largest absolute Gasteiger partial charge is 0.339 e. The molecule has 0 radical (unpaired) electrons. The summed E-state index contributed by atoms with van der Waals surface area (Å²) in [6, 6.07) is 9.42. The fraction of sp³-hybridized carbons (Fsp3) is 0.385. The van der Waals surface area contributed by atoms with E-state index < -0.39 is 0 Å². The van der Waals surface area contributed by atoms with Crippen molar-refractivity contribution in [3.05, 3.63) is 35.4 Å². The van der Waals surface area contributed by atoms with Crippen molar-refractivity contribution >= 4 is 5.91 Å². The average Bonchev–Trinajstić information content (AvgIpc) is 2.29. The fourth-order valence-electron chi connectivity index (χ4n) is 1.52. The lowest BCUT2D eigenvalue weighted by molar-refractivity contribution is -0.129. The second kappa shape index (κ2) is 5.92. The molecule has 1 aromatic rings. The maximum absolute atomic E-state index is 11.3. The molecule has 1 amide bonds. The molecule has 0 spiro atoms. The predicted molar refractivity (Wildman–Crippen MR) is 62.5 cm³/mol. The lowest BCUT2D eigenvalue weighted by atomic mass is 10.1. The van der Waals surface area contributed by atoms with E-state index in [0.29, 0.717) is 12.1 Å². The quantitative estimate of drug-likeness (QED) is 0.775. The third-order valence-electron chi connectivity index (χ3n) is 2.40. The zero-order valence-electron chi connectivity index (χ0n) is 9.73. The first-order valence-corrected chi connectivity index (χ1v) is 5.42. The van der Waals surface area contributed by atoms with Gasteiger partial charge < -0.3 is 4.90 Å². The Morgan fingerprint density at radius 3 is 2.44 bits per heavy atom. The van der Waals surface area contributed by atoms with Gasteiger partial charge >= 0.3 is 0 Å². The normalized spacial score (nSPS) is 9.56. The minimum absolute atomic E-state index is 0.0891. The monoisotopic (exact) mass is 216 g/mol. The molecule has 3 heteroatoms. The van der Waals surface area contributed by atoms with Gasteiger partial charge in [0, 0.05) is 20.0 Å². The van der Waals surface area contributed by atoms with Crippen LogP contribution in [0, 0.1) is 11.3 Å². The molecule has 0 unspecified atom stereocenters. The lowest BCUT2D eigenvalue weighted by Gasteiger charge is -2.20. The molecule has 16 heavy (non-hydrogen) atoms. The van der Waals surface area contributed by atoms with E-state index in [1.807, 2.05) is 12.1 Å². The number of carbonyl (C=O) groups excluding carboxylic acids is 1. The van der Waals surface area contributed by atoms with Gasteiger partial charge in [0.25, 0.3) is 0 Å². The summed E-state index contributed by atoms with van der Waals surface area (Å²) in [5, 5.41) is 8.67. The molecule has 0 heterocycles. The molecular weight excluding hydrogens is 200 g/mol. The summed E-state index contributed by atoms with van der Waals surface area (Å²) in [5.74, 6) is 0.0891. The molecule has 0 aliphatic rings. The summed E-state index contributed by atoms with van der Waals surface area (Å²) in [7, 11) is 0. The van der Waals surface area contributed by atoms with Crippen LogP contribution in [0.15, 0.2) is 24.3 Å². The Balaban J connectivity index is 2.70. The first-order chi connectivity index (χ1) is 7.67. The summed E-state index contributed by atoms with van der Waals surface area (Å²) in [6.45, 7) is 5.03. The Kier molecular flexibility index (Phi) is 4.53. The smallest absolute Gasteiger partial charge is 0.219 e. The highest BCUT2D eigenvalue weighted by Crippen LogP contribution is 2.07. The number of amides is 1. The second-order valence-electron chi connectivity index (χ2n) is 3.75. The van der Waals surface area contributed by atoms with E-state index in [0.717, 1.165) is 18.5 Å². The number of hydrogen-bond acceptors (Lipinski definition) is 2. The van der Waals surface area contributed by atoms with Gasteiger partial charge in [0.15, 0.2) is 0 Å². The molecule has 3 nitrogen and oxygen atoms in total. The number of carbonyl (C=O) groups is 1. The predicted octanol–water partition coefficient (Wildman–Crippen LogP) is 2.32. The summed E-state index contributed by atoms with van der Waals surface area (Å²) in [5.41, 5.74) is 1.70. The molecule has 0 atom stereocenters. The Morgan fingerprint density at radius 1 is 1.38 bits per heavy atom. The third kappa shape index (κ3) is 3.39. The zero-order valence-corrected chi connectivity index (χ0v) is 9.73. The molecule has 0 saturated carbocycles. The summed E-state index contributed by atoms with van der Waals surface area (Å²) < 4.78 is 0. The Bertz CT molecular complexity index is 389. The van der Waals surface area contributed by atoms with Crippen LogP contribution in [0.4, 0.5) is 0 Å². The van der Waals surface area contributed by atoms with Crippen LogP contribution >= 0.6 is 0 Å². The van der Waals surface area contributed by atoms with Crippen LogP contribution in [0.3, 0.4) is 0 Å². The summed E-state index contributed by atoms with van der Waals surface area (Å²) >= 11 is 0. The van der Waals surface area contributed by atoms with Crippen molar-refractivity contribution in [1.82, 2.24) is 4.90 Å². The van der Waals surface area contributed by atoms with Crippen LogP contribution < -0.4 is 0 Å². The number of rotatable bonds is 4. The summed E-state index contributed by atoms with van der Waals surface area (Å²) in [4.78, 5) is 13.1. The Labute approximate surface area is 96.3 Å². The zero-order chi connectivity index (χ0) is 12.0. The van der Waals surface area contributed by atoms with Gasteiger partial charge in [-0.3, -0.25) is 4.79 Å². The van der Waals surface area contributed by atoms with Crippen molar-refractivity contribution in [3.63, 3.8) is 0 Å². The maximum Gasteiger partial charge on any atom is 0.219 e. The van der Waals surface area contributed by atoms with Crippen molar-refractivity contribution in [3.8, 4) is 6.07 Å². The first kappa shape index (κ1) is 12.3. The Morgan fingerprint density at radius 2 is 2.00 bits per heavy atom. The SMILES string of the molecule is CCCN(Cc1ccc(C#N)cc1)C(C)=O. The van der Waals surface area contributed by atoms with E-state index in [9.17, 15) is 4.79 Å². The highest BCUT2D eigenvalue weighted by atomic mass is 16.2. The standard InChI is InChI=1S/C13H16N2O/c1-3-8-15(11(2)16)10-13-6-4-12(9-14)5-7-13/h4-7H,3,8,10H2,1-2H3. The van der Waals surface area contributed by atoms with Crippen LogP contribution in [0.5, 0.6) is 0 Å². The molecule has 0 bridgehead atoms. The molecule has 0 aliphatic carbocycles. The van der Waals surface area contributed by atoms with Gasteiger partial charge in [0.1, 0.15) is 0 Å². The van der Waals surface area contributed by atoms with Crippen molar-refractivity contribution in [2.45, 2.75) is 26.8 Å². The molecule has 1 aromatic carbocycles. The molecule has 0 N–H and O–H groups in total. The second-order valence-corrected chi connectivity index (χ2v) is 3.75. The molecule has 1 rings (SSSR count). The van der Waals surface area contributed by atoms with Gasteiger partial charge in [-0.2, -0.15) is 5.26 Å². The van der Waals surface area contributed by atoms with E-state index in [-0.39, 0.29) is 5.91 Å². The highest BCUT2D eigenvalue weighted by Gasteiger charge is 2.07. The van der Waals surface area contributed by atoms with E-state index in [1.54, 1.807) is 24.0 Å². The molecule has 0 aromatic heterocycles. The van der Waals surface area contributed by atoms with Gasteiger partial charge in [-0.05, 0) is 24.1 Å². The average molecular weight is 216 g/mol. The highest BCUT2D eigenvalue weighted by molar-refractivity contribution is 5.73. The van der Waals surface area contributed by atoms with Crippen molar-refractivity contribution in [2.75, 3.05) is 6.54 Å². The maximum atomic E-state index is 11.3. The first-order valence-electron chi connectivity index (χ1n) is 5.42. The van der Waals surface area contributed by atoms with Crippen molar-refractivity contribution in [1.29, 1.82) is 5.26 Å². The molecule has 0 aliphatic heterocycles. The molecule has 0 saturated heterocycles. The molecule has 84 valence electrons. The van der Waals surface area contributed by atoms with Crippen LogP contribution in [0.1, 0.15) is 31.4 Å². The lowest BCUT2D eigenvalue weighted by Crippen LogP contribution is -2.28. The topological polar surface area (TPSA) is 44.1 Å². The number of nitriles is 1. The van der Waals surface area contributed by atoms with Gasteiger partial charge in [0.2, 0.25) is 5.91 Å². The van der Waals surface area contributed by atoms with Crippen LogP contribution in [0.25, 0.3) is 0 Å². The third-order valence-corrected chi connectivity index (χ3v) is 2.40. The molecule has 0 fully saturated rings. The van der Waals surface area contributed by atoms with Gasteiger partial charge in [-0.15, -0.1) is 0 Å². The van der Waals surface area contributed by atoms with Gasteiger partial charge in [-0.25, -0.2) is 0 Å². The van der Waals surface area contributed by atoms with Crippen LogP contribution in [-0.4, -0.2) is 17.4 Å². The van der Waals surface area contributed by atoms with E-state index in [1.165, 1.54) is 0 Å². The van der Waals surface area contributed by atoms with Crippen molar-refractivity contribution in [2.24, 2.45) is 0 Å². The minimum Gasteiger partial charge on any atom is -0.339 e. The van der Waals surface area contributed by atoms with E-state index >= 15 is 0 Å². The number of nitrogens with zero attached hydrogens (tertiary/aromatic N) is 2. The van der Waals surface area contributed by atoms with Gasteiger partial charge in [-0.1, -0.05) is 19.1 Å². The van der Waals surface area contributed by atoms with E-state index in [2.05, 4.69) is 13.0 Å².